The summed E-state index contributed by atoms with van der Waals surface area (Å²) < 4.78 is -0.546. The van der Waals surface area contributed by atoms with E-state index in [4.69, 9.17) is 0 Å². The third-order valence-corrected chi connectivity index (χ3v) is 6.01. The summed E-state index contributed by atoms with van der Waals surface area (Å²) >= 11 is 0. The van der Waals surface area contributed by atoms with Crippen LogP contribution >= 0.6 is 0 Å². The molecule has 2 N–H and O–H groups in total. The van der Waals surface area contributed by atoms with E-state index >= 15 is 0 Å². The highest BCUT2D eigenvalue weighted by Crippen LogP contribution is 2.27. The topological polar surface area (TPSA) is 115 Å². The second-order valence-electron chi connectivity index (χ2n) is 7.91. The van der Waals surface area contributed by atoms with Crippen molar-refractivity contribution in [1.29, 1.82) is 0 Å². The van der Waals surface area contributed by atoms with Crippen LogP contribution in [0.4, 0.5) is 0 Å². The molecule has 7 nitrogen and oxygen atoms in total. The summed E-state index contributed by atoms with van der Waals surface area (Å²) in [4.78, 5) is 34.9. The molecule has 0 fully saturated rings. The average Bonchev–Trinajstić information content (AvgIpc) is 2.67. The van der Waals surface area contributed by atoms with Crippen molar-refractivity contribution in [3.63, 3.8) is 0 Å². The molecule has 7 heteroatoms. The van der Waals surface area contributed by atoms with Gasteiger partial charge < -0.3 is 20.1 Å². The molecule has 0 aromatic rings. The lowest BCUT2D eigenvalue weighted by Crippen LogP contribution is -2.72. The Morgan fingerprint density at radius 1 is 0.793 bits per heavy atom. The Morgan fingerprint density at radius 3 is 1.69 bits per heavy atom. The number of carboxylic acid groups (broad SMARTS) is 3. The first kappa shape index (κ1) is 27.1. The Morgan fingerprint density at radius 2 is 1.24 bits per heavy atom. The van der Waals surface area contributed by atoms with E-state index in [1.54, 1.807) is 0 Å². The first-order chi connectivity index (χ1) is 13.6. The molecule has 0 amide bonds. The summed E-state index contributed by atoms with van der Waals surface area (Å²) in [5, 5.41) is 30.6. The van der Waals surface area contributed by atoms with Crippen LogP contribution in [0.5, 0.6) is 0 Å². The number of quaternary nitrogens is 1. The molecule has 3 unspecified atom stereocenters. The maximum Gasteiger partial charge on any atom is 0.362 e. The van der Waals surface area contributed by atoms with Crippen LogP contribution in [0.2, 0.25) is 0 Å². The zero-order valence-electron chi connectivity index (χ0n) is 18.4. The van der Waals surface area contributed by atoms with E-state index in [2.05, 4.69) is 19.1 Å². The fourth-order valence-electron chi connectivity index (χ4n) is 3.95. The number of allylic oxidation sites excluding steroid dienone is 2. The highest BCUT2D eigenvalue weighted by atomic mass is 16.4. The van der Waals surface area contributed by atoms with E-state index in [0.29, 0.717) is 6.42 Å². The van der Waals surface area contributed by atoms with Crippen molar-refractivity contribution in [2.45, 2.75) is 104 Å². The van der Waals surface area contributed by atoms with Crippen LogP contribution in [-0.4, -0.2) is 57.3 Å². The number of carboxylic acids is 3. The van der Waals surface area contributed by atoms with Gasteiger partial charge in [0.1, 0.15) is 6.04 Å². The lowest BCUT2D eigenvalue weighted by atomic mass is 10.00. The summed E-state index contributed by atoms with van der Waals surface area (Å²) in [6, 6.07) is -3.56. The molecular formula is C22H39NO6. The van der Waals surface area contributed by atoms with Crippen molar-refractivity contribution in [2.75, 3.05) is 6.54 Å². The van der Waals surface area contributed by atoms with Crippen molar-refractivity contribution in [1.82, 2.24) is 0 Å². The number of aliphatic carboxylic acids is 3. The molecule has 0 aromatic carbocycles. The van der Waals surface area contributed by atoms with Gasteiger partial charge in [0.15, 0.2) is 12.1 Å². The number of carbonyl (C=O) groups excluding carboxylic acids is 1. The molecule has 0 spiro atoms. The minimum atomic E-state index is -1.43. The minimum Gasteiger partial charge on any atom is -0.544 e. The summed E-state index contributed by atoms with van der Waals surface area (Å²) in [5.41, 5.74) is 0. The predicted molar refractivity (Wildman–Crippen MR) is 110 cm³/mol. The fourth-order valence-corrected chi connectivity index (χ4v) is 3.95. The van der Waals surface area contributed by atoms with Gasteiger partial charge in [-0.3, -0.25) is 4.48 Å². The monoisotopic (exact) mass is 413 g/mol. The number of nitrogens with zero attached hydrogens (tertiary/aromatic N) is 1. The van der Waals surface area contributed by atoms with Gasteiger partial charge in [-0.15, -0.1) is 0 Å². The number of carbonyl (C=O) groups is 3. The average molecular weight is 414 g/mol. The van der Waals surface area contributed by atoms with E-state index in [1.165, 1.54) is 20.8 Å². The van der Waals surface area contributed by atoms with Crippen LogP contribution in [0, 0.1) is 0 Å². The molecule has 0 radical (unpaired) electrons. The number of unbranched alkanes of at least 4 members (excludes halogenated alkanes) is 7. The highest BCUT2D eigenvalue weighted by Gasteiger charge is 2.50. The molecule has 0 heterocycles. The van der Waals surface area contributed by atoms with E-state index in [1.807, 2.05) is 0 Å². The van der Waals surface area contributed by atoms with E-state index < -0.39 is 40.5 Å². The first-order valence-corrected chi connectivity index (χ1v) is 10.8. The van der Waals surface area contributed by atoms with Gasteiger partial charge in [-0.1, -0.05) is 44.8 Å². The third kappa shape index (κ3) is 8.56. The zero-order valence-corrected chi connectivity index (χ0v) is 18.4. The summed E-state index contributed by atoms with van der Waals surface area (Å²) in [6.45, 7) is 6.44. The minimum absolute atomic E-state index is 0.176. The van der Waals surface area contributed by atoms with Crippen LogP contribution in [0.25, 0.3) is 0 Å². The van der Waals surface area contributed by atoms with Gasteiger partial charge in [0, 0.05) is 0 Å². The number of hydrogen-bond acceptors (Lipinski definition) is 4. The second kappa shape index (κ2) is 14.1. The van der Waals surface area contributed by atoms with Crippen LogP contribution in [0.15, 0.2) is 12.2 Å². The molecule has 0 aliphatic carbocycles. The maximum absolute atomic E-state index is 11.7. The lowest BCUT2D eigenvalue weighted by molar-refractivity contribution is -0.969. The molecule has 0 aliphatic rings. The number of hydrogen-bond donors (Lipinski definition) is 2. The van der Waals surface area contributed by atoms with Crippen LogP contribution in [0.1, 0.15) is 85.5 Å². The standard InChI is InChI=1S/C22H39NO6/c1-5-6-7-8-9-10-11-12-13-14-15-16-23(17(2)20(24)25,18(3)21(26)27)19(4)22(28)29/h7-8,17-19H,5-6,9-16H2,1-4H3,(H2-,24,25,26,27,28,29)/b8-7+. The fraction of sp³-hybridized carbons (Fsp3) is 0.773. The Bertz CT molecular complexity index is 495. The van der Waals surface area contributed by atoms with Gasteiger partial charge in [-0.25, -0.2) is 9.59 Å². The molecule has 0 rings (SSSR count). The Labute approximate surface area is 175 Å². The molecule has 0 saturated heterocycles. The lowest BCUT2D eigenvalue weighted by Gasteiger charge is -2.49. The van der Waals surface area contributed by atoms with Gasteiger partial charge >= 0.3 is 11.9 Å². The highest BCUT2D eigenvalue weighted by molar-refractivity contribution is 5.76. The molecule has 0 aromatic heterocycles. The third-order valence-electron chi connectivity index (χ3n) is 6.01. The van der Waals surface area contributed by atoms with Gasteiger partial charge in [0.05, 0.1) is 12.5 Å². The van der Waals surface area contributed by atoms with Crippen molar-refractivity contribution < 1.29 is 34.2 Å². The van der Waals surface area contributed by atoms with Crippen molar-refractivity contribution in [2.24, 2.45) is 0 Å². The maximum atomic E-state index is 11.7. The van der Waals surface area contributed by atoms with E-state index in [-0.39, 0.29) is 6.54 Å². The van der Waals surface area contributed by atoms with Crippen LogP contribution in [0.3, 0.4) is 0 Å². The molecule has 0 aliphatic heterocycles. The Hall–Kier alpha value is -1.89. The molecule has 168 valence electrons. The molecule has 3 atom stereocenters. The van der Waals surface area contributed by atoms with Gasteiger partial charge in [-0.05, 0) is 52.9 Å². The normalized spacial score (nSPS) is 16.8. The van der Waals surface area contributed by atoms with E-state index in [0.717, 1.165) is 51.4 Å². The van der Waals surface area contributed by atoms with E-state index in [9.17, 15) is 29.7 Å². The molecule has 29 heavy (non-hydrogen) atoms. The SMILES string of the molecule is CCC/C=C/CCCCCCCC[N+](C(C)C(=O)[O-])(C(C)C(=O)O)C(C)C(=O)O. The smallest absolute Gasteiger partial charge is 0.362 e. The van der Waals surface area contributed by atoms with Crippen LogP contribution in [-0.2, 0) is 14.4 Å². The summed E-state index contributed by atoms with van der Waals surface area (Å²) in [7, 11) is 0. The summed E-state index contributed by atoms with van der Waals surface area (Å²) in [6.07, 6.45) is 13.4. The molecule has 0 bridgehead atoms. The quantitative estimate of drug-likeness (QED) is 0.215. The van der Waals surface area contributed by atoms with Crippen molar-refractivity contribution in [3.05, 3.63) is 12.2 Å². The molecular weight excluding hydrogens is 374 g/mol. The summed E-state index contributed by atoms with van der Waals surface area (Å²) in [5.74, 6) is -3.84. The zero-order chi connectivity index (χ0) is 22.4. The van der Waals surface area contributed by atoms with Gasteiger partial charge in [0.2, 0.25) is 0 Å². The first-order valence-electron chi connectivity index (χ1n) is 10.8. The predicted octanol–water partition coefficient (Wildman–Crippen LogP) is 2.97. The van der Waals surface area contributed by atoms with Crippen LogP contribution < -0.4 is 5.11 Å². The molecule has 0 saturated carbocycles. The van der Waals surface area contributed by atoms with Gasteiger partial charge in [0.25, 0.3) is 0 Å². The van der Waals surface area contributed by atoms with Crippen molar-refractivity contribution in [3.8, 4) is 0 Å². The second-order valence-corrected chi connectivity index (χ2v) is 7.91. The largest absolute Gasteiger partial charge is 0.544 e. The van der Waals surface area contributed by atoms with Crippen molar-refractivity contribution >= 4 is 17.9 Å². The Kier molecular flexibility index (Phi) is 13.2. The number of rotatable bonds is 17. The van der Waals surface area contributed by atoms with Gasteiger partial charge in [-0.2, -0.15) is 0 Å². The Balaban J connectivity index is 4.84.